The lowest BCUT2D eigenvalue weighted by Crippen LogP contribution is -2.41. The predicted molar refractivity (Wildman–Crippen MR) is 80.2 cm³/mol. The molecule has 1 aromatic rings. The molecule has 0 aliphatic carbocycles. The Morgan fingerprint density at radius 1 is 1.43 bits per heavy atom. The van der Waals surface area contributed by atoms with E-state index in [4.69, 9.17) is 0 Å². The molecule has 1 aliphatic heterocycles. The molecule has 21 heavy (non-hydrogen) atoms. The van der Waals surface area contributed by atoms with Crippen LogP contribution in [0.2, 0.25) is 0 Å². The molecule has 0 saturated carbocycles. The van der Waals surface area contributed by atoms with E-state index in [0.29, 0.717) is 18.7 Å². The van der Waals surface area contributed by atoms with Crippen molar-refractivity contribution in [1.29, 1.82) is 0 Å². The highest BCUT2D eigenvalue weighted by molar-refractivity contribution is 5.94. The number of nitrogens with zero attached hydrogens (tertiary/aromatic N) is 1. The van der Waals surface area contributed by atoms with Crippen LogP contribution in [0.25, 0.3) is 0 Å². The quantitative estimate of drug-likeness (QED) is 0.826. The maximum Gasteiger partial charge on any atom is 0.224 e. The fourth-order valence-electron chi connectivity index (χ4n) is 2.79. The number of carbonyl (C=O) groups excluding carboxylic acids is 2. The number of benzene rings is 1. The summed E-state index contributed by atoms with van der Waals surface area (Å²) in [7, 11) is 1.66. The van der Waals surface area contributed by atoms with Gasteiger partial charge < -0.3 is 10.4 Å². The molecule has 1 saturated heterocycles. The minimum Gasteiger partial charge on any atom is -0.508 e. The molecule has 1 aliphatic rings. The third kappa shape index (κ3) is 3.82. The second-order valence-corrected chi connectivity index (χ2v) is 5.59. The van der Waals surface area contributed by atoms with Gasteiger partial charge in [-0.15, -0.1) is 0 Å². The van der Waals surface area contributed by atoms with Gasteiger partial charge in [0.15, 0.2) is 5.78 Å². The van der Waals surface area contributed by atoms with E-state index in [9.17, 15) is 14.7 Å². The van der Waals surface area contributed by atoms with Crippen molar-refractivity contribution < 1.29 is 14.7 Å². The highest BCUT2D eigenvalue weighted by atomic mass is 16.3. The summed E-state index contributed by atoms with van der Waals surface area (Å²) in [5, 5.41) is 12.6. The smallest absolute Gasteiger partial charge is 0.224 e. The largest absolute Gasteiger partial charge is 0.508 e. The van der Waals surface area contributed by atoms with Crippen LogP contribution in [-0.2, 0) is 11.3 Å². The van der Waals surface area contributed by atoms with Gasteiger partial charge in [0.2, 0.25) is 5.91 Å². The maximum absolute atomic E-state index is 11.7. The molecule has 2 N–H and O–H groups in total. The fraction of sp³-hybridized carbons (Fsp3) is 0.500. The Labute approximate surface area is 125 Å². The van der Waals surface area contributed by atoms with Crippen LogP contribution in [0.15, 0.2) is 18.2 Å². The number of amides is 1. The van der Waals surface area contributed by atoms with Crippen LogP contribution in [0.3, 0.4) is 0 Å². The first-order valence-electron chi connectivity index (χ1n) is 7.28. The van der Waals surface area contributed by atoms with Crippen molar-refractivity contribution in [2.45, 2.75) is 26.3 Å². The number of rotatable bonds is 4. The van der Waals surface area contributed by atoms with Gasteiger partial charge in [0.05, 0.1) is 5.92 Å². The summed E-state index contributed by atoms with van der Waals surface area (Å²) in [6, 6.07) is 4.93. The van der Waals surface area contributed by atoms with Crippen molar-refractivity contribution in [3.05, 3.63) is 29.3 Å². The Hall–Kier alpha value is -1.88. The standard InChI is InChI=1S/C16H22N2O3/c1-11(19)12-5-6-15(20)14(8-12)10-18-7-3-4-13(9-18)16(21)17-2/h5-6,8,13,20H,3-4,7,9-10H2,1-2H3,(H,17,21). The molecular formula is C16H22N2O3. The van der Waals surface area contributed by atoms with Crippen LogP contribution < -0.4 is 5.32 Å². The average Bonchev–Trinajstić information content (AvgIpc) is 2.48. The predicted octanol–water partition coefficient (Wildman–Crippen LogP) is 1.55. The van der Waals surface area contributed by atoms with Crippen LogP contribution in [0.4, 0.5) is 0 Å². The highest BCUT2D eigenvalue weighted by Crippen LogP contribution is 2.24. The first-order valence-corrected chi connectivity index (χ1v) is 7.28. The molecule has 0 radical (unpaired) electrons. The van der Waals surface area contributed by atoms with Gasteiger partial charge in [0, 0.05) is 31.3 Å². The lowest BCUT2D eigenvalue weighted by molar-refractivity contribution is -0.126. The molecule has 0 spiro atoms. The van der Waals surface area contributed by atoms with Gasteiger partial charge in [-0.3, -0.25) is 14.5 Å². The molecule has 5 nitrogen and oxygen atoms in total. The van der Waals surface area contributed by atoms with E-state index >= 15 is 0 Å². The molecule has 0 aromatic heterocycles. The number of nitrogens with one attached hydrogen (secondary N) is 1. The minimum atomic E-state index is -0.0156. The number of carbonyl (C=O) groups is 2. The van der Waals surface area contributed by atoms with Crippen LogP contribution in [-0.4, -0.2) is 41.8 Å². The van der Waals surface area contributed by atoms with Gasteiger partial charge in [-0.25, -0.2) is 0 Å². The summed E-state index contributed by atoms with van der Waals surface area (Å²) in [6.07, 6.45) is 1.86. The second-order valence-electron chi connectivity index (χ2n) is 5.59. The normalized spacial score (nSPS) is 19.2. The Bertz CT molecular complexity index is 542. The summed E-state index contributed by atoms with van der Waals surface area (Å²) in [5.74, 6) is 0.253. The molecule has 5 heteroatoms. The summed E-state index contributed by atoms with van der Waals surface area (Å²) in [5.41, 5.74) is 1.34. The van der Waals surface area contributed by atoms with Gasteiger partial charge in [-0.2, -0.15) is 0 Å². The molecule has 1 amide bonds. The Morgan fingerprint density at radius 3 is 2.86 bits per heavy atom. The number of hydrogen-bond acceptors (Lipinski definition) is 4. The lowest BCUT2D eigenvalue weighted by Gasteiger charge is -2.31. The Morgan fingerprint density at radius 2 is 2.19 bits per heavy atom. The van der Waals surface area contributed by atoms with Crippen LogP contribution >= 0.6 is 0 Å². The van der Waals surface area contributed by atoms with Gasteiger partial charge in [0.25, 0.3) is 0 Å². The monoisotopic (exact) mass is 290 g/mol. The number of hydrogen-bond donors (Lipinski definition) is 2. The number of aromatic hydroxyl groups is 1. The number of phenols is 1. The zero-order valence-electron chi connectivity index (χ0n) is 12.6. The number of phenolic OH excluding ortho intramolecular Hbond substituents is 1. The van der Waals surface area contributed by atoms with Crippen molar-refractivity contribution in [2.24, 2.45) is 5.92 Å². The van der Waals surface area contributed by atoms with E-state index in [-0.39, 0.29) is 23.4 Å². The highest BCUT2D eigenvalue weighted by Gasteiger charge is 2.25. The van der Waals surface area contributed by atoms with E-state index in [1.54, 1.807) is 25.2 Å². The summed E-state index contributed by atoms with van der Waals surface area (Å²) in [6.45, 7) is 3.65. The molecule has 1 atom stereocenters. The fourth-order valence-corrected chi connectivity index (χ4v) is 2.79. The second kappa shape index (κ2) is 6.72. The SMILES string of the molecule is CNC(=O)C1CCCN(Cc2cc(C(C)=O)ccc2O)C1. The van der Waals surface area contributed by atoms with E-state index in [1.165, 1.54) is 6.92 Å². The van der Waals surface area contributed by atoms with Crippen molar-refractivity contribution in [3.8, 4) is 5.75 Å². The van der Waals surface area contributed by atoms with Crippen molar-refractivity contribution in [1.82, 2.24) is 10.2 Å². The zero-order chi connectivity index (χ0) is 15.4. The number of ketones is 1. The van der Waals surface area contributed by atoms with Crippen molar-refractivity contribution in [3.63, 3.8) is 0 Å². The summed E-state index contributed by atoms with van der Waals surface area (Å²) >= 11 is 0. The van der Waals surface area contributed by atoms with Gasteiger partial charge >= 0.3 is 0 Å². The minimum absolute atomic E-state index is 0.00174. The van der Waals surface area contributed by atoms with Crippen molar-refractivity contribution >= 4 is 11.7 Å². The van der Waals surface area contributed by atoms with Crippen molar-refractivity contribution in [2.75, 3.05) is 20.1 Å². The Balaban J connectivity index is 2.09. The topological polar surface area (TPSA) is 69.6 Å². The molecule has 1 aromatic carbocycles. The van der Waals surface area contributed by atoms with E-state index < -0.39 is 0 Å². The van der Waals surface area contributed by atoms with E-state index in [2.05, 4.69) is 10.2 Å². The summed E-state index contributed by atoms with van der Waals surface area (Å²) < 4.78 is 0. The number of likely N-dealkylation sites (tertiary alicyclic amines) is 1. The lowest BCUT2D eigenvalue weighted by atomic mass is 9.96. The van der Waals surface area contributed by atoms with Gasteiger partial charge in [0.1, 0.15) is 5.75 Å². The molecule has 114 valence electrons. The Kier molecular flexibility index (Phi) is 4.96. The average molecular weight is 290 g/mol. The van der Waals surface area contributed by atoms with Crippen LogP contribution in [0, 0.1) is 5.92 Å². The third-order valence-corrected chi connectivity index (χ3v) is 4.00. The molecule has 0 bridgehead atoms. The molecule has 1 unspecified atom stereocenters. The molecule has 2 rings (SSSR count). The number of Topliss-reactive ketones (excluding diaryl/α,β-unsaturated/α-hetero) is 1. The first kappa shape index (κ1) is 15.5. The van der Waals surface area contributed by atoms with Crippen LogP contribution in [0.5, 0.6) is 5.75 Å². The first-order chi connectivity index (χ1) is 10.0. The van der Waals surface area contributed by atoms with Crippen LogP contribution in [0.1, 0.15) is 35.7 Å². The molecule has 1 fully saturated rings. The molecule has 1 heterocycles. The van der Waals surface area contributed by atoms with E-state index in [0.717, 1.165) is 24.9 Å². The maximum atomic E-state index is 11.7. The van der Waals surface area contributed by atoms with Gasteiger partial charge in [-0.1, -0.05) is 0 Å². The number of piperidine rings is 1. The van der Waals surface area contributed by atoms with E-state index in [1.807, 2.05) is 0 Å². The summed E-state index contributed by atoms with van der Waals surface area (Å²) in [4.78, 5) is 25.3. The molecular weight excluding hydrogens is 268 g/mol. The zero-order valence-corrected chi connectivity index (χ0v) is 12.6. The third-order valence-electron chi connectivity index (χ3n) is 4.00. The van der Waals surface area contributed by atoms with Gasteiger partial charge in [-0.05, 0) is 44.5 Å².